The van der Waals surface area contributed by atoms with Crippen molar-refractivity contribution in [2.75, 3.05) is 23.9 Å². The summed E-state index contributed by atoms with van der Waals surface area (Å²) in [6, 6.07) is 22.6. The lowest BCUT2D eigenvalue weighted by atomic mass is 9.85. The minimum Gasteiger partial charge on any atom is -0.481 e. The third-order valence-electron chi connectivity index (χ3n) is 5.02. The third kappa shape index (κ3) is 3.34. The second-order valence-electron chi connectivity index (χ2n) is 6.82. The largest absolute Gasteiger partial charge is 0.481 e. The van der Waals surface area contributed by atoms with E-state index in [4.69, 9.17) is 4.74 Å². The Hall–Kier alpha value is -3.64. The van der Waals surface area contributed by atoms with Crippen LogP contribution in [0.3, 0.4) is 0 Å². The average Bonchev–Trinajstić information content (AvgIpc) is 2.77. The molecule has 0 saturated heterocycles. The molecule has 0 fully saturated rings. The van der Waals surface area contributed by atoms with Crippen LogP contribution in [0.2, 0.25) is 0 Å². The summed E-state index contributed by atoms with van der Waals surface area (Å²) in [6.07, 6.45) is 0. The lowest BCUT2D eigenvalue weighted by molar-refractivity contribution is -0.131. The Kier molecular flexibility index (Phi) is 4.78. The highest BCUT2D eigenvalue weighted by atomic mass is 16.5. The van der Waals surface area contributed by atoms with Gasteiger partial charge in [0.1, 0.15) is 5.75 Å². The maximum atomic E-state index is 13.3. The molecule has 0 radical (unpaired) electrons. The van der Waals surface area contributed by atoms with E-state index >= 15 is 0 Å². The second kappa shape index (κ2) is 7.41. The fourth-order valence-corrected chi connectivity index (χ4v) is 3.36. The normalized spacial score (nSPS) is 13.4. The number of nitrogens with zero attached hydrogens (tertiary/aromatic N) is 1. The van der Waals surface area contributed by atoms with Crippen LogP contribution in [-0.2, 0) is 15.2 Å². The van der Waals surface area contributed by atoms with Crippen LogP contribution in [0.1, 0.15) is 11.1 Å². The highest BCUT2D eigenvalue weighted by Crippen LogP contribution is 2.35. The molecule has 0 spiro atoms. The van der Waals surface area contributed by atoms with Crippen LogP contribution in [0, 0.1) is 0 Å². The molecule has 0 aliphatic carbocycles. The van der Waals surface area contributed by atoms with Crippen molar-refractivity contribution in [2.45, 2.75) is 5.60 Å². The maximum absolute atomic E-state index is 13.3. The first-order chi connectivity index (χ1) is 14.0. The van der Waals surface area contributed by atoms with Crippen molar-refractivity contribution in [3.05, 3.63) is 90.0 Å². The van der Waals surface area contributed by atoms with Crippen LogP contribution in [0.25, 0.3) is 0 Å². The molecule has 0 bridgehead atoms. The highest BCUT2D eigenvalue weighted by molar-refractivity contribution is 6.02. The van der Waals surface area contributed by atoms with Crippen molar-refractivity contribution < 1.29 is 19.4 Å². The van der Waals surface area contributed by atoms with Gasteiger partial charge in [0.2, 0.25) is 0 Å². The lowest BCUT2D eigenvalue weighted by Gasteiger charge is -2.29. The number of carbonyl (C=O) groups excluding carboxylic acids is 2. The lowest BCUT2D eigenvalue weighted by Crippen LogP contribution is -2.41. The number of hydrogen-bond donors (Lipinski definition) is 2. The summed E-state index contributed by atoms with van der Waals surface area (Å²) in [7, 11) is 1.67. The number of fused-ring (bicyclic) bond motifs is 1. The summed E-state index contributed by atoms with van der Waals surface area (Å²) < 4.78 is 5.48. The van der Waals surface area contributed by atoms with Crippen molar-refractivity contribution in [2.24, 2.45) is 0 Å². The summed E-state index contributed by atoms with van der Waals surface area (Å²) >= 11 is 0. The fraction of sp³-hybridized carbons (Fsp3) is 0.130. The highest BCUT2D eigenvalue weighted by Gasteiger charge is 2.40. The van der Waals surface area contributed by atoms with Gasteiger partial charge in [-0.05, 0) is 23.3 Å². The molecular formula is C23H20N2O4. The van der Waals surface area contributed by atoms with E-state index in [1.807, 2.05) is 12.1 Å². The van der Waals surface area contributed by atoms with Gasteiger partial charge in [-0.2, -0.15) is 0 Å². The molecule has 0 atom stereocenters. The van der Waals surface area contributed by atoms with E-state index in [9.17, 15) is 14.7 Å². The summed E-state index contributed by atoms with van der Waals surface area (Å²) in [5.74, 6) is -0.236. The first-order valence-corrected chi connectivity index (χ1v) is 9.18. The number of amides is 2. The quantitative estimate of drug-likeness (QED) is 0.720. The minimum atomic E-state index is -1.87. The topological polar surface area (TPSA) is 78.9 Å². The Morgan fingerprint density at radius 3 is 2.17 bits per heavy atom. The standard InChI is InChI=1S/C23H20N2O4/c1-25-19-13-12-18(14-20(19)29-15-21(25)26)24-22(27)23(28,16-8-4-2-5-9-16)17-10-6-3-7-11-17/h2-14,28H,15H2,1H3,(H,24,27). The Bertz CT molecular complexity index is 1010. The van der Waals surface area contributed by atoms with Crippen LogP contribution in [0.15, 0.2) is 78.9 Å². The number of likely N-dealkylation sites (N-methyl/N-ethyl adjacent to an activating group) is 1. The predicted molar refractivity (Wildman–Crippen MR) is 110 cm³/mol. The molecule has 1 heterocycles. The van der Waals surface area contributed by atoms with Crippen LogP contribution in [0.5, 0.6) is 5.75 Å². The SMILES string of the molecule is CN1C(=O)COc2cc(NC(=O)C(O)(c3ccccc3)c3ccccc3)ccc21. The molecule has 6 heteroatoms. The van der Waals surface area contributed by atoms with Crippen LogP contribution in [-0.4, -0.2) is 30.6 Å². The summed E-state index contributed by atoms with van der Waals surface area (Å²) in [6.45, 7) is -0.0567. The molecule has 2 N–H and O–H groups in total. The fourth-order valence-electron chi connectivity index (χ4n) is 3.36. The monoisotopic (exact) mass is 388 g/mol. The number of nitrogens with one attached hydrogen (secondary N) is 1. The molecule has 6 nitrogen and oxygen atoms in total. The van der Waals surface area contributed by atoms with Gasteiger partial charge < -0.3 is 20.1 Å². The zero-order valence-electron chi connectivity index (χ0n) is 15.8. The van der Waals surface area contributed by atoms with Gasteiger partial charge in [0.15, 0.2) is 12.2 Å². The smallest absolute Gasteiger partial charge is 0.265 e. The number of rotatable bonds is 4. The van der Waals surface area contributed by atoms with Crippen molar-refractivity contribution in [3.63, 3.8) is 0 Å². The maximum Gasteiger partial charge on any atom is 0.265 e. The Labute approximate surface area is 168 Å². The van der Waals surface area contributed by atoms with Crippen molar-refractivity contribution in [3.8, 4) is 5.75 Å². The number of carbonyl (C=O) groups is 2. The van der Waals surface area contributed by atoms with E-state index in [-0.39, 0.29) is 12.5 Å². The zero-order valence-corrected chi connectivity index (χ0v) is 15.8. The van der Waals surface area contributed by atoms with Crippen molar-refractivity contribution in [1.82, 2.24) is 0 Å². The number of benzene rings is 3. The van der Waals surface area contributed by atoms with E-state index in [1.54, 1.807) is 73.8 Å². The molecule has 3 aromatic rings. The predicted octanol–water partition coefficient (Wildman–Crippen LogP) is 2.92. The van der Waals surface area contributed by atoms with Gasteiger partial charge in [-0.25, -0.2) is 0 Å². The number of aliphatic hydroxyl groups is 1. The van der Waals surface area contributed by atoms with Gasteiger partial charge in [-0.15, -0.1) is 0 Å². The van der Waals surface area contributed by atoms with Gasteiger partial charge in [0.05, 0.1) is 5.69 Å². The number of ether oxygens (including phenoxy) is 1. The Balaban J connectivity index is 1.69. The Morgan fingerprint density at radius 1 is 1.00 bits per heavy atom. The average molecular weight is 388 g/mol. The number of anilines is 2. The first kappa shape index (κ1) is 18.7. The molecule has 146 valence electrons. The van der Waals surface area contributed by atoms with E-state index < -0.39 is 11.5 Å². The van der Waals surface area contributed by atoms with E-state index in [2.05, 4.69) is 5.32 Å². The molecule has 0 unspecified atom stereocenters. The molecule has 29 heavy (non-hydrogen) atoms. The molecule has 0 saturated carbocycles. The Morgan fingerprint density at radius 2 is 1.59 bits per heavy atom. The van der Waals surface area contributed by atoms with E-state index in [1.165, 1.54) is 4.90 Å². The molecule has 1 aliphatic rings. The van der Waals surface area contributed by atoms with Gasteiger partial charge in [0, 0.05) is 18.8 Å². The molecule has 1 aliphatic heterocycles. The second-order valence-corrected chi connectivity index (χ2v) is 6.82. The van der Waals surface area contributed by atoms with Crippen LogP contribution >= 0.6 is 0 Å². The summed E-state index contributed by atoms with van der Waals surface area (Å²) in [5.41, 5.74) is 0.139. The molecule has 0 aromatic heterocycles. The van der Waals surface area contributed by atoms with Gasteiger partial charge >= 0.3 is 0 Å². The summed E-state index contributed by atoms with van der Waals surface area (Å²) in [4.78, 5) is 26.5. The summed E-state index contributed by atoms with van der Waals surface area (Å²) in [5, 5.41) is 14.3. The molecule has 3 aromatic carbocycles. The van der Waals surface area contributed by atoms with Crippen LogP contribution < -0.4 is 15.0 Å². The van der Waals surface area contributed by atoms with Gasteiger partial charge in [-0.1, -0.05) is 60.7 Å². The number of hydrogen-bond acceptors (Lipinski definition) is 4. The van der Waals surface area contributed by atoms with E-state index in [0.29, 0.717) is 28.3 Å². The van der Waals surface area contributed by atoms with Crippen molar-refractivity contribution >= 4 is 23.2 Å². The van der Waals surface area contributed by atoms with Crippen molar-refractivity contribution in [1.29, 1.82) is 0 Å². The molecular weight excluding hydrogens is 368 g/mol. The van der Waals surface area contributed by atoms with Crippen LogP contribution in [0.4, 0.5) is 11.4 Å². The zero-order chi connectivity index (χ0) is 20.4. The van der Waals surface area contributed by atoms with E-state index in [0.717, 1.165) is 0 Å². The molecule has 4 rings (SSSR count). The molecule has 2 amide bonds. The third-order valence-corrected chi connectivity index (χ3v) is 5.02. The van der Waals surface area contributed by atoms with Gasteiger partial charge in [-0.3, -0.25) is 9.59 Å². The minimum absolute atomic E-state index is 0.0567. The van der Waals surface area contributed by atoms with Gasteiger partial charge in [0.25, 0.3) is 11.8 Å². The first-order valence-electron chi connectivity index (χ1n) is 9.18.